The molecule has 0 aromatic heterocycles. The summed E-state index contributed by atoms with van der Waals surface area (Å²) in [7, 11) is 2.13. The van der Waals surface area contributed by atoms with Crippen molar-refractivity contribution in [1.82, 2.24) is 14.8 Å². The van der Waals surface area contributed by atoms with Crippen LogP contribution in [0.2, 0.25) is 0 Å². The van der Waals surface area contributed by atoms with Crippen LogP contribution in [0.25, 0.3) is 0 Å². The molecule has 2 fully saturated rings. The van der Waals surface area contributed by atoms with E-state index < -0.39 is 12.1 Å². The second-order valence-corrected chi connectivity index (χ2v) is 11.1. The highest BCUT2D eigenvalue weighted by Crippen LogP contribution is 2.43. The average molecular weight is 552 g/mol. The maximum Gasteiger partial charge on any atom is 0.286 e. The Balaban J connectivity index is 1.51. The van der Waals surface area contributed by atoms with Gasteiger partial charge in [0.2, 0.25) is 5.84 Å². The van der Waals surface area contributed by atoms with Crippen LogP contribution in [-0.4, -0.2) is 109 Å². The fourth-order valence-electron chi connectivity index (χ4n) is 5.62. The number of benzene rings is 2. The third-order valence-electron chi connectivity index (χ3n) is 8.02. The molecule has 3 aliphatic rings. The van der Waals surface area contributed by atoms with E-state index in [2.05, 4.69) is 33.9 Å². The maximum absolute atomic E-state index is 12.8. The van der Waals surface area contributed by atoms with Crippen molar-refractivity contribution < 1.29 is 19.7 Å². The Labute approximate surface area is 236 Å². The molecule has 0 bridgehead atoms. The number of anilines is 2. The number of nitrogens with two attached hydrogens (primary N) is 1. The predicted octanol–water partition coefficient (Wildman–Crippen LogP) is 1.92. The van der Waals surface area contributed by atoms with Crippen LogP contribution in [0.15, 0.2) is 41.5 Å². The van der Waals surface area contributed by atoms with E-state index >= 15 is 0 Å². The minimum Gasteiger partial charge on any atom is -0.508 e. The molecule has 3 heterocycles. The number of hydrogen-bond donors (Lipinski definition) is 3. The van der Waals surface area contributed by atoms with Crippen LogP contribution < -0.4 is 15.5 Å². The lowest BCUT2D eigenvalue weighted by atomic mass is 9.97. The molecule has 3 aliphatic heterocycles. The summed E-state index contributed by atoms with van der Waals surface area (Å²) in [4.78, 5) is 21.5. The Kier molecular flexibility index (Phi) is 8.34. The number of amides is 1. The lowest BCUT2D eigenvalue weighted by Gasteiger charge is -2.35. The number of aromatic hydroxyl groups is 2. The van der Waals surface area contributed by atoms with E-state index in [4.69, 9.17) is 15.6 Å². The zero-order chi connectivity index (χ0) is 28.4. The van der Waals surface area contributed by atoms with E-state index in [0.717, 1.165) is 50.6 Å². The highest BCUT2D eigenvalue weighted by molar-refractivity contribution is 6.43. The number of carbonyl (C=O) groups excluding carboxylic acids is 1. The predicted molar refractivity (Wildman–Crippen MR) is 156 cm³/mol. The van der Waals surface area contributed by atoms with E-state index in [1.165, 1.54) is 6.07 Å². The molecule has 1 unspecified atom stereocenters. The van der Waals surface area contributed by atoms with Gasteiger partial charge in [-0.15, -0.1) is 0 Å². The Morgan fingerprint density at radius 2 is 1.62 bits per heavy atom. The van der Waals surface area contributed by atoms with Crippen LogP contribution in [0, 0.1) is 0 Å². The standard InChI is InChI=1S/C29H41N7O4/c1-20(2)23-18-24(26(38)19-25(23)37)29-35(13-10-33-14-16-40-17-15-33)31-28(27(30)39)36(29)22-6-4-21(5-7-22)34-11-8-32(3)9-12-34/h4-7,18-20,29,37-38H,8-17H2,1-3H3,(H2,30,39). The van der Waals surface area contributed by atoms with Gasteiger partial charge in [-0.1, -0.05) is 13.8 Å². The second kappa shape index (κ2) is 11.9. The first-order chi connectivity index (χ1) is 19.2. The van der Waals surface area contributed by atoms with Crippen molar-refractivity contribution >= 4 is 23.1 Å². The van der Waals surface area contributed by atoms with Crippen molar-refractivity contribution in [3.63, 3.8) is 0 Å². The molecule has 1 atom stereocenters. The first-order valence-electron chi connectivity index (χ1n) is 14.1. The largest absolute Gasteiger partial charge is 0.508 e. The Morgan fingerprint density at radius 3 is 2.25 bits per heavy atom. The number of hydrogen-bond acceptors (Lipinski definition) is 10. The second-order valence-electron chi connectivity index (χ2n) is 11.1. The van der Waals surface area contributed by atoms with Gasteiger partial charge in [-0.05, 0) is 48.9 Å². The number of piperazine rings is 1. The highest BCUT2D eigenvalue weighted by atomic mass is 16.5. The van der Waals surface area contributed by atoms with Gasteiger partial charge in [-0.3, -0.25) is 19.6 Å². The fraction of sp³-hybridized carbons (Fsp3) is 0.517. The quantitative estimate of drug-likeness (QED) is 0.452. The number of morpholine rings is 1. The molecule has 2 aromatic carbocycles. The van der Waals surface area contributed by atoms with Crippen molar-refractivity contribution in [2.24, 2.45) is 10.8 Å². The average Bonchev–Trinajstić information content (AvgIpc) is 3.32. The lowest BCUT2D eigenvalue weighted by Crippen LogP contribution is -2.44. The van der Waals surface area contributed by atoms with E-state index in [-0.39, 0.29) is 23.3 Å². The molecule has 40 heavy (non-hydrogen) atoms. The van der Waals surface area contributed by atoms with Crippen molar-refractivity contribution in [2.75, 3.05) is 82.4 Å². The summed E-state index contributed by atoms with van der Waals surface area (Å²) in [6.07, 6.45) is -0.629. The molecule has 0 aliphatic carbocycles. The molecule has 2 saturated heterocycles. The smallest absolute Gasteiger partial charge is 0.286 e. The molecule has 5 rings (SSSR count). The molecule has 11 nitrogen and oxygen atoms in total. The van der Waals surface area contributed by atoms with E-state index in [0.29, 0.717) is 37.4 Å². The van der Waals surface area contributed by atoms with Crippen molar-refractivity contribution in [3.8, 4) is 11.5 Å². The normalized spacial score (nSPS) is 20.9. The van der Waals surface area contributed by atoms with Gasteiger partial charge < -0.3 is 30.5 Å². The number of phenols is 2. The number of carbonyl (C=O) groups is 1. The minimum absolute atomic E-state index is 0.0235. The zero-order valence-corrected chi connectivity index (χ0v) is 23.7. The van der Waals surface area contributed by atoms with Crippen LogP contribution in [0.1, 0.15) is 37.1 Å². The SMILES string of the molecule is CC(C)c1cc(C2N(CCN3CCOCC3)N=C(C(N)=O)N2c2ccc(N3CCN(C)CC3)cc2)c(O)cc1O. The maximum atomic E-state index is 12.8. The van der Waals surface area contributed by atoms with Gasteiger partial charge in [-0.25, -0.2) is 0 Å². The molecule has 2 aromatic rings. The monoisotopic (exact) mass is 551 g/mol. The summed E-state index contributed by atoms with van der Waals surface area (Å²) in [5.41, 5.74) is 9.00. The number of phenolic OH excluding ortho intramolecular Hbond substituents is 2. The number of nitrogens with zero attached hydrogens (tertiary/aromatic N) is 6. The van der Waals surface area contributed by atoms with Gasteiger partial charge in [0.15, 0.2) is 6.17 Å². The number of likely N-dealkylation sites (N-methyl/N-ethyl adjacent to an activating group) is 1. The van der Waals surface area contributed by atoms with Gasteiger partial charge >= 0.3 is 0 Å². The zero-order valence-electron chi connectivity index (χ0n) is 23.7. The summed E-state index contributed by atoms with van der Waals surface area (Å²) in [6.45, 7) is 12.1. The van der Waals surface area contributed by atoms with Crippen LogP contribution in [0.5, 0.6) is 11.5 Å². The molecule has 1 amide bonds. The van der Waals surface area contributed by atoms with Gasteiger partial charge in [0.25, 0.3) is 5.91 Å². The third kappa shape index (κ3) is 5.81. The molecule has 11 heteroatoms. The van der Waals surface area contributed by atoms with Crippen molar-refractivity contribution in [3.05, 3.63) is 47.5 Å². The van der Waals surface area contributed by atoms with Gasteiger partial charge in [0.05, 0.1) is 19.8 Å². The Hall–Kier alpha value is -3.54. The summed E-state index contributed by atoms with van der Waals surface area (Å²) < 4.78 is 5.49. The number of amidine groups is 1. The van der Waals surface area contributed by atoms with Crippen LogP contribution >= 0.6 is 0 Å². The van der Waals surface area contributed by atoms with Crippen LogP contribution in [0.4, 0.5) is 11.4 Å². The highest BCUT2D eigenvalue weighted by Gasteiger charge is 2.40. The van der Waals surface area contributed by atoms with Gasteiger partial charge in [-0.2, -0.15) is 5.10 Å². The van der Waals surface area contributed by atoms with Crippen LogP contribution in [-0.2, 0) is 9.53 Å². The molecule has 4 N–H and O–H groups in total. The Bertz CT molecular complexity index is 1220. The lowest BCUT2D eigenvalue weighted by molar-refractivity contribution is -0.112. The van der Waals surface area contributed by atoms with E-state index in [1.54, 1.807) is 4.90 Å². The molecular weight excluding hydrogens is 510 g/mol. The third-order valence-corrected chi connectivity index (χ3v) is 8.02. The van der Waals surface area contributed by atoms with Crippen molar-refractivity contribution in [2.45, 2.75) is 25.9 Å². The topological polar surface area (TPSA) is 121 Å². The summed E-state index contributed by atoms with van der Waals surface area (Å²) in [5, 5.41) is 28.2. The Morgan fingerprint density at radius 1 is 0.975 bits per heavy atom. The first kappa shape index (κ1) is 28.0. The number of primary amides is 1. The summed E-state index contributed by atoms with van der Waals surface area (Å²) in [5.74, 6) is -0.547. The first-order valence-corrected chi connectivity index (χ1v) is 14.1. The number of hydrazone groups is 1. The van der Waals surface area contributed by atoms with E-state index in [9.17, 15) is 15.0 Å². The molecule has 216 valence electrons. The summed E-state index contributed by atoms with van der Waals surface area (Å²) >= 11 is 0. The number of rotatable bonds is 8. The summed E-state index contributed by atoms with van der Waals surface area (Å²) in [6, 6.07) is 11.3. The van der Waals surface area contributed by atoms with E-state index in [1.807, 2.05) is 37.1 Å². The van der Waals surface area contributed by atoms with Crippen molar-refractivity contribution in [1.29, 1.82) is 0 Å². The molecular formula is C29H41N7O4. The number of ether oxygens (including phenoxy) is 1. The molecule has 0 radical (unpaired) electrons. The van der Waals surface area contributed by atoms with Gasteiger partial charge in [0, 0.05) is 68.8 Å². The van der Waals surface area contributed by atoms with Gasteiger partial charge in [0.1, 0.15) is 11.5 Å². The fourth-order valence-corrected chi connectivity index (χ4v) is 5.62. The minimum atomic E-state index is -0.649. The molecule has 0 spiro atoms. The van der Waals surface area contributed by atoms with Crippen LogP contribution in [0.3, 0.4) is 0 Å². The molecule has 0 saturated carbocycles.